The first-order valence-electron chi connectivity index (χ1n) is 16.1. The quantitative estimate of drug-likeness (QED) is 0.142. The summed E-state index contributed by atoms with van der Waals surface area (Å²) in [5.41, 5.74) is 2.55. The van der Waals surface area contributed by atoms with Crippen molar-refractivity contribution >= 4 is 120 Å². The van der Waals surface area contributed by atoms with Crippen molar-refractivity contribution in [2.24, 2.45) is 0 Å². The molecular formula is C44H27BBr3O2. The number of hydrogen-bond donors (Lipinski definition) is 1. The van der Waals surface area contributed by atoms with Gasteiger partial charge in [-0.2, -0.15) is 0 Å². The molecule has 10 aromatic carbocycles. The summed E-state index contributed by atoms with van der Waals surface area (Å²) < 4.78 is 8.53. The molecule has 239 valence electrons. The highest BCUT2D eigenvalue weighted by atomic mass is 79.9. The van der Waals surface area contributed by atoms with Gasteiger partial charge in [0.15, 0.2) is 0 Å². The first-order valence-corrected chi connectivity index (χ1v) is 18.5. The van der Waals surface area contributed by atoms with Crippen molar-refractivity contribution in [3.63, 3.8) is 0 Å². The molecule has 0 spiro atoms. The SMILES string of the molecule is Brc1ccc(-c2ccc3ccc4cccc5ccc2c3c45)cc1.Brc1ccc(Br)cc1.O[B]Oc1ccc2ccc3cccc4ccc1c2c34. The molecule has 0 heterocycles. The zero-order valence-corrected chi connectivity index (χ0v) is 31.3. The Labute approximate surface area is 315 Å². The normalized spacial score (nSPS) is 11.2. The van der Waals surface area contributed by atoms with Crippen LogP contribution in [0.25, 0.3) is 75.8 Å². The molecule has 10 rings (SSSR count). The van der Waals surface area contributed by atoms with Crippen LogP contribution in [0.15, 0.2) is 171 Å². The largest absolute Gasteiger partial charge is 0.569 e. The minimum atomic E-state index is 0.674. The number of benzene rings is 10. The Morgan fingerprint density at radius 1 is 0.380 bits per heavy atom. The van der Waals surface area contributed by atoms with Crippen LogP contribution in [0, 0.1) is 0 Å². The molecule has 1 N–H and O–H groups in total. The van der Waals surface area contributed by atoms with Gasteiger partial charge in [0.05, 0.1) is 0 Å². The second kappa shape index (κ2) is 14.0. The van der Waals surface area contributed by atoms with Crippen LogP contribution in [0.3, 0.4) is 0 Å². The van der Waals surface area contributed by atoms with Gasteiger partial charge in [-0.15, -0.1) is 0 Å². The average Bonchev–Trinajstić information content (AvgIpc) is 3.16. The molecule has 0 atom stereocenters. The van der Waals surface area contributed by atoms with Gasteiger partial charge < -0.3 is 9.68 Å². The Bertz CT molecular complexity index is 2690. The van der Waals surface area contributed by atoms with Crippen molar-refractivity contribution < 1.29 is 9.68 Å². The molecule has 1 radical (unpaired) electrons. The van der Waals surface area contributed by atoms with Gasteiger partial charge >= 0.3 is 7.69 Å². The monoisotopic (exact) mass is 835 g/mol. The highest BCUT2D eigenvalue weighted by molar-refractivity contribution is 9.11. The molecule has 0 saturated carbocycles. The second-order valence-corrected chi connectivity index (χ2v) is 14.8. The lowest BCUT2D eigenvalue weighted by Gasteiger charge is -2.14. The second-order valence-electron chi connectivity index (χ2n) is 12.1. The minimum Gasteiger partial charge on any atom is -0.537 e. The number of hydrogen-bond acceptors (Lipinski definition) is 2. The van der Waals surface area contributed by atoms with Crippen LogP contribution in [0.1, 0.15) is 0 Å². The summed E-state index contributed by atoms with van der Waals surface area (Å²) in [5, 5.41) is 24.0. The molecule has 0 aliphatic carbocycles. The van der Waals surface area contributed by atoms with E-state index in [0.717, 1.165) is 26.5 Å². The Morgan fingerprint density at radius 2 is 0.760 bits per heavy atom. The lowest BCUT2D eigenvalue weighted by atomic mass is 9.90. The van der Waals surface area contributed by atoms with E-state index in [1.807, 2.05) is 42.5 Å². The van der Waals surface area contributed by atoms with Crippen LogP contribution in [0.4, 0.5) is 0 Å². The molecule has 0 aromatic heterocycles. The van der Waals surface area contributed by atoms with Gasteiger partial charge in [0, 0.05) is 24.2 Å². The van der Waals surface area contributed by atoms with E-state index in [1.54, 1.807) is 0 Å². The number of halogens is 3. The van der Waals surface area contributed by atoms with Crippen molar-refractivity contribution in [1.29, 1.82) is 0 Å². The van der Waals surface area contributed by atoms with Gasteiger partial charge in [-0.05, 0) is 107 Å². The summed E-state index contributed by atoms with van der Waals surface area (Å²) in [4.78, 5) is 0. The third-order valence-corrected chi connectivity index (χ3v) is 10.7. The van der Waals surface area contributed by atoms with Crippen LogP contribution in [-0.4, -0.2) is 12.7 Å². The molecule has 0 saturated heterocycles. The van der Waals surface area contributed by atoms with Gasteiger partial charge in [-0.3, -0.25) is 0 Å². The predicted molar refractivity (Wildman–Crippen MR) is 224 cm³/mol. The molecule has 2 nitrogen and oxygen atoms in total. The lowest BCUT2D eigenvalue weighted by Crippen LogP contribution is -2.00. The standard InChI is InChI=1S/C22H13Br.C16H10BO2.C6H4Br2/c23-18-10-6-14(7-11-18)19-12-8-17-5-4-15-2-1-3-16-9-13-20(19)22(17)21(15)16;18-17-19-14-9-7-12-5-4-10-2-1-3-11-6-8-13(14)16(12)15(10)11;7-5-1-2-6(8)4-3-5/h1-13H;1-9,18H;1-4H. The summed E-state index contributed by atoms with van der Waals surface area (Å²) in [6.45, 7) is 0. The maximum absolute atomic E-state index is 8.87. The maximum Gasteiger partial charge on any atom is 0.569 e. The molecule has 0 unspecified atom stereocenters. The molecule has 10 aromatic rings. The van der Waals surface area contributed by atoms with Crippen molar-refractivity contribution in [2.45, 2.75) is 0 Å². The van der Waals surface area contributed by atoms with Gasteiger partial charge in [-0.1, -0.05) is 163 Å². The zero-order chi connectivity index (χ0) is 34.2. The molecule has 0 fully saturated rings. The van der Waals surface area contributed by atoms with E-state index < -0.39 is 0 Å². The fourth-order valence-electron chi connectivity index (χ4n) is 6.91. The third-order valence-electron chi connectivity index (χ3n) is 9.16. The highest BCUT2D eigenvalue weighted by Gasteiger charge is 2.13. The van der Waals surface area contributed by atoms with E-state index in [9.17, 15) is 0 Å². The molecule has 50 heavy (non-hydrogen) atoms. The fraction of sp³-hybridized carbons (Fsp3) is 0. The summed E-state index contributed by atoms with van der Waals surface area (Å²) in [6, 6.07) is 55.1. The summed E-state index contributed by atoms with van der Waals surface area (Å²) in [5.74, 6) is 0.674. The lowest BCUT2D eigenvalue weighted by molar-refractivity contribution is 0.457. The Balaban J connectivity index is 0.000000120. The molecular weight excluding hydrogens is 811 g/mol. The predicted octanol–water partition coefficient (Wildman–Crippen LogP) is 13.7. The van der Waals surface area contributed by atoms with Crippen molar-refractivity contribution in [3.8, 4) is 16.9 Å². The highest BCUT2D eigenvalue weighted by Crippen LogP contribution is 2.40. The van der Waals surface area contributed by atoms with E-state index in [0.29, 0.717) is 5.75 Å². The van der Waals surface area contributed by atoms with Gasteiger partial charge in [0.2, 0.25) is 0 Å². The van der Waals surface area contributed by atoms with Crippen LogP contribution < -0.4 is 4.65 Å². The first-order chi connectivity index (χ1) is 24.5. The molecule has 0 aliphatic rings. The minimum absolute atomic E-state index is 0.674. The smallest absolute Gasteiger partial charge is 0.537 e. The summed E-state index contributed by atoms with van der Waals surface area (Å²) in [7, 11) is 0.728. The number of rotatable bonds is 3. The van der Waals surface area contributed by atoms with Crippen LogP contribution in [0.5, 0.6) is 5.75 Å². The molecule has 0 bridgehead atoms. The van der Waals surface area contributed by atoms with E-state index in [-0.39, 0.29) is 0 Å². The molecule has 6 heteroatoms. The van der Waals surface area contributed by atoms with E-state index >= 15 is 0 Å². The summed E-state index contributed by atoms with van der Waals surface area (Å²) in [6.07, 6.45) is 0. The zero-order valence-electron chi connectivity index (χ0n) is 26.6. The molecule has 0 aliphatic heterocycles. The Kier molecular flexibility index (Phi) is 9.20. The maximum atomic E-state index is 8.87. The molecule has 0 amide bonds. The average molecular weight is 838 g/mol. The van der Waals surface area contributed by atoms with Crippen molar-refractivity contribution in [3.05, 3.63) is 171 Å². The van der Waals surface area contributed by atoms with E-state index in [4.69, 9.17) is 9.68 Å². The Hall–Kier alpha value is -4.46. The van der Waals surface area contributed by atoms with E-state index in [2.05, 4.69) is 163 Å². The third kappa shape index (κ3) is 6.22. The Morgan fingerprint density at radius 3 is 1.26 bits per heavy atom. The van der Waals surface area contributed by atoms with Gasteiger partial charge in [-0.25, -0.2) is 0 Å². The van der Waals surface area contributed by atoms with Gasteiger partial charge in [0.25, 0.3) is 0 Å². The topological polar surface area (TPSA) is 29.5 Å². The summed E-state index contributed by atoms with van der Waals surface area (Å²) >= 11 is 10.2. The van der Waals surface area contributed by atoms with Crippen molar-refractivity contribution in [2.75, 3.05) is 0 Å². The van der Waals surface area contributed by atoms with Crippen molar-refractivity contribution in [1.82, 2.24) is 0 Å². The van der Waals surface area contributed by atoms with E-state index in [1.165, 1.54) is 70.4 Å². The fourth-order valence-corrected chi connectivity index (χ4v) is 7.71. The van der Waals surface area contributed by atoms with Crippen LogP contribution in [0.2, 0.25) is 0 Å². The van der Waals surface area contributed by atoms with Gasteiger partial charge in [0.1, 0.15) is 5.75 Å². The van der Waals surface area contributed by atoms with Crippen LogP contribution in [-0.2, 0) is 0 Å². The first kappa shape index (κ1) is 32.7. The van der Waals surface area contributed by atoms with Crippen LogP contribution >= 0.6 is 47.8 Å².